The zero-order valence-corrected chi connectivity index (χ0v) is 16.1. The summed E-state index contributed by atoms with van der Waals surface area (Å²) in [6.45, 7) is 7.03. The Balaban J connectivity index is 0.000000460. The zero-order chi connectivity index (χ0) is 21.0. The van der Waals surface area contributed by atoms with Crippen molar-refractivity contribution in [1.29, 1.82) is 0 Å². The minimum absolute atomic E-state index is 0.208. The molecular formula is C20H26F5NO. The fourth-order valence-corrected chi connectivity index (χ4v) is 2.02. The number of nitrogens with zero attached hydrogens (tertiary/aromatic N) is 1. The molecule has 0 radical (unpaired) electrons. The van der Waals surface area contributed by atoms with Gasteiger partial charge in [0.2, 0.25) is 0 Å². The minimum atomic E-state index is -4.28. The molecule has 0 saturated carbocycles. The lowest BCUT2D eigenvalue weighted by atomic mass is 10.0. The summed E-state index contributed by atoms with van der Waals surface area (Å²) in [5, 5.41) is 0. The summed E-state index contributed by atoms with van der Waals surface area (Å²) >= 11 is 0. The molecule has 0 bridgehead atoms. The van der Waals surface area contributed by atoms with E-state index in [9.17, 15) is 22.0 Å². The van der Waals surface area contributed by atoms with Gasteiger partial charge in [-0.2, -0.15) is 22.0 Å². The van der Waals surface area contributed by atoms with Crippen molar-refractivity contribution >= 4 is 0 Å². The molecule has 0 aliphatic carbocycles. The monoisotopic (exact) mass is 391 g/mol. The van der Waals surface area contributed by atoms with Gasteiger partial charge in [0.25, 0.3) is 0 Å². The number of aromatic nitrogens is 1. The third-order valence-corrected chi connectivity index (χ3v) is 3.37. The maximum Gasteiger partial charge on any atom is 0.418 e. The van der Waals surface area contributed by atoms with Gasteiger partial charge >= 0.3 is 12.8 Å². The second-order valence-electron chi connectivity index (χ2n) is 5.49. The molecule has 1 heterocycles. The van der Waals surface area contributed by atoms with E-state index >= 15 is 0 Å². The SMILES string of the molecule is CC.CC(C)c1ccc(OC(F)F)cc1.CCc1ccncc1C(F)(F)F. The van der Waals surface area contributed by atoms with Gasteiger partial charge in [-0.1, -0.05) is 46.8 Å². The molecule has 0 saturated heterocycles. The van der Waals surface area contributed by atoms with Crippen LogP contribution in [-0.4, -0.2) is 11.6 Å². The van der Waals surface area contributed by atoms with Crippen molar-refractivity contribution in [3.63, 3.8) is 0 Å². The Hall–Kier alpha value is -2.18. The topological polar surface area (TPSA) is 22.1 Å². The molecule has 7 heteroatoms. The molecule has 0 aliphatic rings. The van der Waals surface area contributed by atoms with E-state index in [1.807, 2.05) is 27.7 Å². The summed E-state index contributed by atoms with van der Waals surface area (Å²) in [5.41, 5.74) is 0.770. The molecule has 0 spiro atoms. The molecule has 2 rings (SSSR count). The van der Waals surface area contributed by atoms with E-state index in [0.717, 1.165) is 11.8 Å². The number of hydrogen-bond donors (Lipinski definition) is 0. The maximum atomic E-state index is 12.2. The van der Waals surface area contributed by atoms with Gasteiger partial charge in [-0.25, -0.2) is 0 Å². The lowest BCUT2D eigenvalue weighted by Gasteiger charge is -2.09. The van der Waals surface area contributed by atoms with Crippen molar-refractivity contribution in [2.24, 2.45) is 0 Å². The molecule has 0 atom stereocenters. The first-order chi connectivity index (χ1) is 12.6. The van der Waals surface area contributed by atoms with E-state index in [1.165, 1.54) is 12.3 Å². The van der Waals surface area contributed by atoms with E-state index < -0.39 is 18.4 Å². The molecule has 0 amide bonds. The fourth-order valence-electron chi connectivity index (χ4n) is 2.02. The minimum Gasteiger partial charge on any atom is -0.435 e. The molecule has 1 aromatic heterocycles. The van der Waals surface area contributed by atoms with Crippen LogP contribution in [-0.2, 0) is 12.6 Å². The highest BCUT2D eigenvalue weighted by Crippen LogP contribution is 2.31. The highest BCUT2D eigenvalue weighted by molar-refractivity contribution is 5.28. The molecule has 1 aromatic carbocycles. The summed E-state index contributed by atoms with van der Waals surface area (Å²) < 4.78 is 64.3. The highest BCUT2D eigenvalue weighted by atomic mass is 19.4. The van der Waals surface area contributed by atoms with Crippen molar-refractivity contribution in [3.05, 3.63) is 59.4 Å². The van der Waals surface area contributed by atoms with E-state index in [0.29, 0.717) is 12.3 Å². The highest BCUT2D eigenvalue weighted by Gasteiger charge is 2.32. The standard InChI is InChI=1S/C10H12F2O.C8H8F3N.C2H6/c1-7(2)8-3-5-9(6-4-8)13-10(11)12;1-2-6-3-4-12-5-7(6)8(9,10)11;1-2/h3-7,10H,1-2H3;3-5H,2H2,1H3;1-2H3. The van der Waals surface area contributed by atoms with E-state index in [1.54, 1.807) is 31.2 Å². The predicted molar refractivity (Wildman–Crippen MR) is 97.1 cm³/mol. The van der Waals surface area contributed by atoms with Crippen molar-refractivity contribution in [3.8, 4) is 5.75 Å². The Morgan fingerprint density at radius 2 is 1.56 bits per heavy atom. The molecule has 27 heavy (non-hydrogen) atoms. The average Bonchev–Trinajstić information content (AvgIpc) is 2.63. The van der Waals surface area contributed by atoms with Gasteiger partial charge in [0.15, 0.2) is 0 Å². The van der Waals surface area contributed by atoms with Crippen LogP contribution in [0.4, 0.5) is 22.0 Å². The summed E-state index contributed by atoms with van der Waals surface area (Å²) in [6, 6.07) is 8.09. The molecule has 0 unspecified atom stereocenters. The van der Waals surface area contributed by atoms with Crippen LogP contribution in [0.3, 0.4) is 0 Å². The number of hydrogen-bond acceptors (Lipinski definition) is 2. The van der Waals surface area contributed by atoms with Crippen molar-refractivity contribution in [2.75, 3.05) is 0 Å². The van der Waals surface area contributed by atoms with Crippen LogP contribution in [0.1, 0.15) is 57.2 Å². The average molecular weight is 391 g/mol. The molecule has 0 fully saturated rings. The number of pyridine rings is 1. The first kappa shape index (κ1) is 24.8. The summed E-state index contributed by atoms with van der Waals surface area (Å²) in [5.74, 6) is 0.611. The zero-order valence-electron chi connectivity index (χ0n) is 16.1. The van der Waals surface area contributed by atoms with Gasteiger partial charge < -0.3 is 4.74 Å². The summed E-state index contributed by atoms with van der Waals surface area (Å²) in [6.07, 6.45) is -1.68. The van der Waals surface area contributed by atoms with E-state index in [-0.39, 0.29) is 11.3 Å². The van der Waals surface area contributed by atoms with Gasteiger partial charge in [-0.15, -0.1) is 0 Å². The predicted octanol–water partition coefficient (Wildman–Crippen LogP) is 7.10. The quantitative estimate of drug-likeness (QED) is 0.519. The van der Waals surface area contributed by atoms with Gasteiger partial charge in [0.1, 0.15) is 5.75 Å². The number of ether oxygens (including phenoxy) is 1. The summed E-state index contributed by atoms with van der Waals surface area (Å²) in [4.78, 5) is 3.44. The normalized spacial score (nSPS) is 10.7. The first-order valence-electron chi connectivity index (χ1n) is 8.70. The van der Waals surface area contributed by atoms with Gasteiger partial charge in [-0.3, -0.25) is 4.98 Å². The number of benzene rings is 1. The lowest BCUT2D eigenvalue weighted by molar-refractivity contribution is -0.138. The third-order valence-electron chi connectivity index (χ3n) is 3.37. The lowest BCUT2D eigenvalue weighted by Crippen LogP contribution is -2.08. The fraction of sp³-hybridized carbons (Fsp3) is 0.450. The third kappa shape index (κ3) is 9.35. The van der Waals surface area contributed by atoms with Crippen molar-refractivity contribution < 1.29 is 26.7 Å². The van der Waals surface area contributed by atoms with Crippen LogP contribution in [0.5, 0.6) is 5.75 Å². The second kappa shape index (κ2) is 12.3. The second-order valence-corrected chi connectivity index (χ2v) is 5.49. The Bertz CT molecular complexity index is 640. The molecular weight excluding hydrogens is 365 g/mol. The van der Waals surface area contributed by atoms with E-state index in [4.69, 9.17) is 0 Å². The molecule has 2 aromatic rings. The van der Waals surface area contributed by atoms with Crippen LogP contribution >= 0.6 is 0 Å². The Morgan fingerprint density at radius 3 is 1.93 bits per heavy atom. The van der Waals surface area contributed by atoms with Crippen LogP contribution in [0.25, 0.3) is 0 Å². The van der Waals surface area contributed by atoms with E-state index in [2.05, 4.69) is 9.72 Å². The molecule has 0 N–H and O–H groups in total. The van der Waals surface area contributed by atoms with Crippen LogP contribution in [0.2, 0.25) is 0 Å². The van der Waals surface area contributed by atoms with Crippen LogP contribution in [0, 0.1) is 0 Å². The smallest absolute Gasteiger partial charge is 0.418 e. The molecule has 0 aliphatic heterocycles. The van der Waals surface area contributed by atoms with Crippen LogP contribution in [0.15, 0.2) is 42.7 Å². The number of rotatable bonds is 4. The largest absolute Gasteiger partial charge is 0.435 e. The van der Waals surface area contributed by atoms with Gasteiger partial charge in [0, 0.05) is 12.4 Å². The van der Waals surface area contributed by atoms with Gasteiger partial charge in [-0.05, 0) is 41.7 Å². The Kier molecular flexibility index (Phi) is 11.3. The Morgan fingerprint density at radius 1 is 1.00 bits per heavy atom. The molecule has 2 nitrogen and oxygen atoms in total. The van der Waals surface area contributed by atoms with Crippen LogP contribution < -0.4 is 4.74 Å². The van der Waals surface area contributed by atoms with Gasteiger partial charge in [0.05, 0.1) is 5.56 Å². The first-order valence-corrected chi connectivity index (χ1v) is 8.70. The number of halogens is 5. The molecule has 152 valence electrons. The van der Waals surface area contributed by atoms with Crippen molar-refractivity contribution in [2.45, 2.75) is 59.7 Å². The van der Waals surface area contributed by atoms with Crippen molar-refractivity contribution in [1.82, 2.24) is 4.98 Å². The number of aryl methyl sites for hydroxylation is 1. The number of alkyl halides is 5. The Labute approximate surface area is 157 Å². The summed E-state index contributed by atoms with van der Waals surface area (Å²) in [7, 11) is 0. The maximum absolute atomic E-state index is 12.2.